The molecule has 6 heteroatoms. The number of aliphatic hydroxyl groups is 2. The average Bonchev–Trinajstić information content (AvgIpc) is 3.56. The van der Waals surface area contributed by atoms with Gasteiger partial charge in [0, 0.05) is 12.8 Å². The second-order valence-corrected chi connectivity index (χ2v) is 28.1. The Bertz CT molecular complexity index is 1320. The van der Waals surface area contributed by atoms with Crippen molar-refractivity contribution in [3.8, 4) is 0 Å². The highest BCUT2D eigenvalue weighted by atomic mass is 16.5. The van der Waals surface area contributed by atoms with E-state index in [4.69, 9.17) is 4.74 Å². The van der Waals surface area contributed by atoms with Crippen LogP contribution in [0.25, 0.3) is 0 Å². The first-order valence-corrected chi connectivity index (χ1v) is 40.5. The van der Waals surface area contributed by atoms with E-state index in [0.717, 1.165) is 38.5 Å². The van der Waals surface area contributed by atoms with E-state index in [1.807, 2.05) is 6.08 Å². The van der Waals surface area contributed by atoms with Crippen molar-refractivity contribution in [2.75, 3.05) is 13.2 Å². The van der Waals surface area contributed by atoms with Crippen molar-refractivity contribution in [1.29, 1.82) is 0 Å². The Hall–Kier alpha value is -1.40. The highest BCUT2D eigenvalue weighted by molar-refractivity contribution is 5.76. The monoisotopic (exact) mass is 1230 g/mol. The van der Waals surface area contributed by atoms with Crippen LogP contribution < -0.4 is 5.32 Å². The normalized spacial score (nSPS) is 12.5. The summed E-state index contributed by atoms with van der Waals surface area (Å²) >= 11 is 0. The van der Waals surface area contributed by atoms with Gasteiger partial charge < -0.3 is 20.3 Å². The molecule has 0 aliphatic carbocycles. The zero-order chi connectivity index (χ0) is 62.8. The molecule has 2 atom stereocenters. The molecule has 3 N–H and O–H groups in total. The van der Waals surface area contributed by atoms with E-state index >= 15 is 0 Å². The molecule has 6 nitrogen and oxygen atoms in total. The summed E-state index contributed by atoms with van der Waals surface area (Å²) in [6, 6.07) is -0.625. The summed E-state index contributed by atoms with van der Waals surface area (Å²) < 4.78 is 5.51. The number of rotatable bonds is 77. The Morgan fingerprint density at radius 3 is 0.782 bits per heavy atom. The van der Waals surface area contributed by atoms with Crippen LogP contribution in [0.15, 0.2) is 12.2 Å². The van der Waals surface area contributed by atoms with Crippen LogP contribution >= 0.6 is 0 Å². The van der Waals surface area contributed by atoms with Crippen molar-refractivity contribution in [2.24, 2.45) is 0 Å². The van der Waals surface area contributed by atoms with Crippen molar-refractivity contribution in [1.82, 2.24) is 5.32 Å². The molecule has 0 aromatic heterocycles. The van der Waals surface area contributed by atoms with Gasteiger partial charge in [-0.3, -0.25) is 9.59 Å². The lowest BCUT2D eigenvalue weighted by molar-refractivity contribution is -0.143. The highest BCUT2D eigenvalue weighted by Crippen LogP contribution is 2.20. The zero-order valence-corrected chi connectivity index (χ0v) is 59.5. The summed E-state index contributed by atoms with van der Waals surface area (Å²) in [6.07, 6.45) is 97.7. The maximum atomic E-state index is 12.5. The number of aliphatic hydroxyl groups excluding tert-OH is 2. The van der Waals surface area contributed by atoms with E-state index in [-0.39, 0.29) is 18.5 Å². The summed E-state index contributed by atoms with van der Waals surface area (Å²) in [5.74, 6) is -0.0316. The number of carbonyl (C=O) groups is 2. The van der Waals surface area contributed by atoms with Gasteiger partial charge in [-0.15, -0.1) is 0 Å². The molecule has 0 fully saturated rings. The van der Waals surface area contributed by atoms with Gasteiger partial charge in [0.1, 0.15) is 0 Å². The Labute approximate surface area is 546 Å². The van der Waals surface area contributed by atoms with E-state index in [9.17, 15) is 19.8 Å². The second kappa shape index (κ2) is 77.1. The van der Waals surface area contributed by atoms with Gasteiger partial charge >= 0.3 is 5.97 Å². The summed E-state index contributed by atoms with van der Waals surface area (Å²) in [7, 11) is 0. The lowest BCUT2D eigenvalue weighted by atomic mass is 10.0. The quantitative estimate of drug-likeness (QED) is 0.0320. The van der Waals surface area contributed by atoms with E-state index in [1.165, 1.54) is 405 Å². The molecule has 87 heavy (non-hydrogen) atoms. The van der Waals surface area contributed by atoms with Crippen LogP contribution in [0, 0.1) is 0 Å². The third-order valence-electron chi connectivity index (χ3n) is 19.3. The van der Waals surface area contributed by atoms with E-state index in [0.29, 0.717) is 19.4 Å². The third-order valence-corrected chi connectivity index (χ3v) is 19.3. The molecule has 0 spiro atoms. The smallest absolute Gasteiger partial charge is 0.305 e. The van der Waals surface area contributed by atoms with E-state index in [2.05, 4.69) is 19.2 Å². The van der Waals surface area contributed by atoms with Gasteiger partial charge in [0.25, 0.3) is 0 Å². The van der Waals surface area contributed by atoms with Crippen molar-refractivity contribution < 1.29 is 24.5 Å². The van der Waals surface area contributed by atoms with Crippen LogP contribution in [-0.2, 0) is 14.3 Å². The molecule has 0 aromatic carbocycles. The molecule has 0 aliphatic heterocycles. The fraction of sp³-hybridized carbons (Fsp3) is 0.951. The van der Waals surface area contributed by atoms with Crippen LogP contribution in [0.5, 0.6) is 0 Å². The standard InChI is InChI=1S/C81H159NO5/c1-3-5-7-9-11-13-15-17-19-21-22-36-39-42-45-49-53-57-61-65-69-73-79(84)78(77-83)82-80(85)74-70-66-62-58-54-50-46-43-40-37-34-32-30-28-26-24-23-25-27-29-31-33-35-38-41-44-48-52-56-60-64-68-72-76-87-81(86)75-71-67-63-59-55-51-47-20-18-16-14-12-10-8-6-4-2/h69,73,78-79,83-84H,3-68,70-72,74-77H2,1-2H3,(H,82,85)/b73-69+. The predicted octanol–water partition coefficient (Wildman–Crippen LogP) is 26.7. The van der Waals surface area contributed by atoms with Crippen molar-refractivity contribution in [2.45, 2.75) is 482 Å². The molecule has 0 heterocycles. The van der Waals surface area contributed by atoms with Gasteiger partial charge in [0.15, 0.2) is 0 Å². The summed E-state index contributed by atoms with van der Waals surface area (Å²) in [5, 5.41) is 23.3. The van der Waals surface area contributed by atoms with Crippen molar-refractivity contribution in [3.05, 3.63) is 12.2 Å². The van der Waals surface area contributed by atoms with Crippen molar-refractivity contribution >= 4 is 11.9 Å². The SMILES string of the molecule is CCCCCCCCCCCCCCCCCCCCC/C=C/C(O)C(CO)NC(=O)CCCCCCCCCCCCCCCCCCCCCCCCCCCCCCCCCCCOC(=O)CCCCCCCCCCCCCCCCCC. The number of nitrogens with one attached hydrogen (secondary N) is 1. The largest absolute Gasteiger partial charge is 0.466 e. The summed E-state index contributed by atoms with van der Waals surface area (Å²) in [6.45, 7) is 4.97. The minimum absolute atomic E-state index is 0.0262. The second-order valence-electron chi connectivity index (χ2n) is 28.1. The molecule has 0 bridgehead atoms. The molecular weight excluding hydrogens is 1070 g/mol. The number of amides is 1. The first-order valence-electron chi connectivity index (χ1n) is 40.5. The van der Waals surface area contributed by atoms with Crippen LogP contribution in [-0.4, -0.2) is 47.4 Å². The molecule has 1 amide bonds. The molecule has 0 aromatic rings. The van der Waals surface area contributed by atoms with Crippen LogP contribution in [0.3, 0.4) is 0 Å². The zero-order valence-electron chi connectivity index (χ0n) is 59.5. The maximum absolute atomic E-state index is 12.5. The molecule has 0 rings (SSSR count). The lowest BCUT2D eigenvalue weighted by Gasteiger charge is -2.20. The van der Waals surface area contributed by atoms with Crippen LogP contribution in [0.4, 0.5) is 0 Å². The van der Waals surface area contributed by atoms with E-state index < -0.39 is 12.1 Å². The van der Waals surface area contributed by atoms with Gasteiger partial charge in [-0.05, 0) is 32.1 Å². The first kappa shape index (κ1) is 85.6. The number of hydrogen-bond donors (Lipinski definition) is 3. The number of hydrogen-bond acceptors (Lipinski definition) is 5. The maximum Gasteiger partial charge on any atom is 0.305 e. The van der Waals surface area contributed by atoms with E-state index in [1.54, 1.807) is 6.08 Å². The molecule has 2 unspecified atom stereocenters. The molecule has 0 saturated carbocycles. The molecule has 0 radical (unpaired) electrons. The highest BCUT2D eigenvalue weighted by Gasteiger charge is 2.18. The fourth-order valence-electron chi connectivity index (χ4n) is 13.2. The minimum Gasteiger partial charge on any atom is -0.466 e. The molecule has 0 aliphatic rings. The Morgan fingerprint density at radius 1 is 0.310 bits per heavy atom. The number of allylic oxidation sites excluding steroid dienone is 1. The number of ether oxygens (including phenoxy) is 1. The summed E-state index contributed by atoms with van der Waals surface area (Å²) in [5.41, 5.74) is 0. The summed E-state index contributed by atoms with van der Waals surface area (Å²) in [4.78, 5) is 24.6. The molecule has 0 saturated heterocycles. The number of carbonyl (C=O) groups excluding carboxylic acids is 2. The molecule has 518 valence electrons. The Morgan fingerprint density at radius 2 is 0.529 bits per heavy atom. The lowest BCUT2D eigenvalue weighted by Crippen LogP contribution is -2.45. The first-order chi connectivity index (χ1) is 43.0. The number of esters is 1. The Balaban J connectivity index is 3.33. The predicted molar refractivity (Wildman–Crippen MR) is 384 cm³/mol. The van der Waals surface area contributed by atoms with Gasteiger partial charge in [0.2, 0.25) is 5.91 Å². The average molecular weight is 1230 g/mol. The molecular formula is C81H159NO5. The fourth-order valence-corrected chi connectivity index (χ4v) is 13.2. The van der Waals surface area contributed by atoms with Gasteiger partial charge in [0.05, 0.1) is 25.4 Å². The van der Waals surface area contributed by atoms with Gasteiger partial charge in [-0.25, -0.2) is 0 Å². The minimum atomic E-state index is -0.842. The number of unbranched alkanes of at least 4 members (excludes halogenated alkanes) is 66. The topological polar surface area (TPSA) is 95.9 Å². The third kappa shape index (κ3) is 73.5. The Kier molecular flexibility index (Phi) is 75.8. The van der Waals surface area contributed by atoms with Gasteiger partial charge in [-0.1, -0.05) is 437 Å². The van der Waals surface area contributed by atoms with Crippen LogP contribution in [0.1, 0.15) is 470 Å². The van der Waals surface area contributed by atoms with Crippen LogP contribution in [0.2, 0.25) is 0 Å². The van der Waals surface area contributed by atoms with Crippen molar-refractivity contribution in [3.63, 3.8) is 0 Å². The van der Waals surface area contributed by atoms with Gasteiger partial charge in [-0.2, -0.15) is 0 Å².